The molecule has 0 spiro atoms. The minimum absolute atomic E-state index is 0.160. The molecular weight excluding hydrogens is 210 g/mol. The third-order valence-electron chi connectivity index (χ3n) is 1.97. The molecule has 7 nitrogen and oxygen atoms in total. The maximum atomic E-state index is 10.4. The van der Waals surface area contributed by atoms with Gasteiger partial charge in [0.15, 0.2) is 6.20 Å². The highest BCUT2D eigenvalue weighted by Crippen LogP contribution is 2.11. The van der Waals surface area contributed by atoms with Crippen LogP contribution in [0.1, 0.15) is 5.69 Å². The highest BCUT2D eigenvalue weighted by atomic mass is 16.6. The first-order chi connectivity index (χ1) is 7.75. The summed E-state index contributed by atoms with van der Waals surface area (Å²) in [6.45, 7) is 0.569. The normalized spacial score (nSPS) is 10.0. The summed E-state index contributed by atoms with van der Waals surface area (Å²) in [6, 6.07) is 2.97. The van der Waals surface area contributed by atoms with E-state index in [1.54, 1.807) is 18.6 Å². The molecule has 0 radical (unpaired) electrons. The molecule has 0 aliphatic heterocycles. The predicted molar refractivity (Wildman–Crippen MR) is 56.8 cm³/mol. The molecule has 2 heterocycles. The summed E-state index contributed by atoms with van der Waals surface area (Å²) in [5.74, 6) is -0.160. The molecule has 0 amide bonds. The second kappa shape index (κ2) is 4.39. The lowest BCUT2D eigenvalue weighted by molar-refractivity contribution is -0.389. The fourth-order valence-electron chi connectivity index (χ4n) is 1.18. The van der Waals surface area contributed by atoms with E-state index in [9.17, 15) is 10.1 Å². The van der Waals surface area contributed by atoms with Gasteiger partial charge in [0.1, 0.15) is 0 Å². The van der Waals surface area contributed by atoms with Gasteiger partial charge >= 0.3 is 5.82 Å². The average molecular weight is 219 g/mol. The van der Waals surface area contributed by atoms with Crippen molar-refractivity contribution < 1.29 is 4.92 Å². The molecule has 2 rings (SSSR count). The first-order valence-corrected chi connectivity index (χ1v) is 4.57. The van der Waals surface area contributed by atoms with E-state index in [0.29, 0.717) is 6.54 Å². The molecule has 0 aliphatic rings. The van der Waals surface area contributed by atoms with Crippen molar-refractivity contribution in [3.05, 3.63) is 46.7 Å². The van der Waals surface area contributed by atoms with Crippen LogP contribution in [0.2, 0.25) is 0 Å². The van der Waals surface area contributed by atoms with Crippen molar-refractivity contribution in [1.29, 1.82) is 0 Å². The lowest BCUT2D eigenvalue weighted by Crippen LogP contribution is -2.00. The Hall–Kier alpha value is -2.44. The van der Waals surface area contributed by atoms with Gasteiger partial charge in [-0.2, -0.15) is 0 Å². The van der Waals surface area contributed by atoms with Crippen molar-refractivity contribution >= 4 is 11.5 Å². The number of pyridine rings is 1. The summed E-state index contributed by atoms with van der Waals surface area (Å²) in [7, 11) is 0. The van der Waals surface area contributed by atoms with Crippen LogP contribution in [0.3, 0.4) is 0 Å². The summed E-state index contributed by atoms with van der Waals surface area (Å²) >= 11 is 0. The Bertz CT molecular complexity index is 465. The van der Waals surface area contributed by atoms with Gasteiger partial charge in [-0.25, -0.2) is 4.98 Å². The molecular formula is C9H9N5O2. The molecule has 2 aromatic heterocycles. The number of imidazole rings is 1. The average Bonchev–Trinajstić information content (AvgIpc) is 2.80. The first-order valence-electron chi connectivity index (χ1n) is 4.57. The molecule has 0 saturated carbocycles. The lowest BCUT2D eigenvalue weighted by Gasteiger charge is -2.01. The summed E-state index contributed by atoms with van der Waals surface area (Å²) in [4.78, 5) is 20.3. The topological polar surface area (TPSA) is 96.7 Å². The van der Waals surface area contributed by atoms with Crippen LogP contribution in [0.25, 0.3) is 0 Å². The highest BCUT2D eigenvalue weighted by Gasteiger charge is 2.05. The zero-order valence-electron chi connectivity index (χ0n) is 8.25. The van der Waals surface area contributed by atoms with Gasteiger partial charge in [0.05, 0.1) is 24.3 Å². The molecule has 0 bridgehead atoms. The Morgan fingerprint density at radius 3 is 2.88 bits per heavy atom. The summed E-state index contributed by atoms with van der Waals surface area (Å²) in [5, 5.41) is 13.4. The number of anilines is 1. The Morgan fingerprint density at radius 2 is 2.31 bits per heavy atom. The molecule has 2 aromatic rings. The molecule has 16 heavy (non-hydrogen) atoms. The van der Waals surface area contributed by atoms with Gasteiger partial charge in [0.25, 0.3) is 0 Å². The number of nitrogens with one attached hydrogen (secondary N) is 2. The summed E-state index contributed by atoms with van der Waals surface area (Å²) in [5.41, 5.74) is 1.65. The Labute approximate surface area is 90.7 Å². The zero-order valence-corrected chi connectivity index (χ0v) is 8.25. The van der Waals surface area contributed by atoms with Gasteiger partial charge in [0.2, 0.25) is 0 Å². The van der Waals surface area contributed by atoms with E-state index in [-0.39, 0.29) is 5.82 Å². The van der Waals surface area contributed by atoms with Gasteiger partial charge in [0, 0.05) is 12.3 Å². The smallest absolute Gasteiger partial charge is 0.363 e. The zero-order chi connectivity index (χ0) is 11.4. The van der Waals surface area contributed by atoms with E-state index >= 15 is 0 Å². The molecule has 0 aliphatic carbocycles. The van der Waals surface area contributed by atoms with E-state index in [4.69, 9.17) is 0 Å². The Morgan fingerprint density at radius 1 is 1.44 bits per heavy atom. The number of H-pyrrole nitrogens is 1. The highest BCUT2D eigenvalue weighted by molar-refractivity contribution is 5.43. The van der Waals surface area contributed by atoms with Crippen LogP contribution in [-0.2, 0) is 6.54 Å². The first kappa shape index (κ1) is 10.1. The maximum Gasteiger partial charge on any atom is 0.363 e. The molecule has 2 N–H and O–H groups in total. The second-order valence-corrected chi connectivity index (χ2v) is 3.09. The largest absolute Gasteiger partial charge is 0.376 e. The van der Waals surface area contributed by atoms with Crippen LogP contribution in [0.4, 0.5) is 11.5 Å². The van der Waals surface area contributed by atoms with Gasteiger partial charge in [-0.3, -0.25) is 0 Å². The number of nitro groups is 1. The molecule has 0 saturated heterocycles. The third-order valence-corrected chi connectivity index (χ3v) is 1.97. The number of hydrogen-bond acceptors (Lipinski definition) is 5. The third kappa shape index (κ3) is 2.32. The number of aromatic nitrogens is 3. The van der Waals surface area contributed by atoms with E-state index < -0.39 is 4.92 Å². The van der Waals surface area contributed by atoms with Crippen molar-refractivity contribution in [2.45, 2.75) is 6.54 Å². The molecule has 7 heteroatoms. The van der Waals surface area contributed by atoms with Crippen LogP contribution in [0.15, 0.2) is 30.9 Å². The van der Waals surface area contributed by atoms with Gasteiger partial charge in [-0.15, -0.1) is 0 Å². The maximum absolute atomic E-state index is 10.4. The minimum Gasteiger partial charge on any atom is -0.376 e. The van der Waals surface area contributed by atoms with E-state index in [0.717, 1.165) is 11.4 Å². The molecule has 0 atom stereocenters. The molecule has 0 unspecified atom stereocenters. The monoisotopic (exact) mass is 219 g/mol. The Kier molecular flexibility index (Phi) is 2.77. The standard InChI is InChI=1S/C9H9N5O2/c15-14(16)9-2-1-7(4-12-9)11-5-8-3-10-6-13-8/h1-4,6,11H,5H2,(H,10,13). The molecule has 0 aromatic carbocycles. The lowest BCUT2D eigenvalue weighted by atomic mass is 10.4. The molecule has 82 valence electrons. The number of aromatic amines is 1. The van der Waals surface area contributed by atoms with Crippen molar-refractivity contribution in [3.8, 4) is 0 Å². The Balaban J connectivity index is 1.98. The minimum atomic E-state index is -0.529. The van der Waals surface area contributed by atoms with Crippen LogP contribution in [-0.4, -0.2) is 19.9 Å². The van der Waals surface area contributed by atoms with Crippen LogP contribution in [0.5, 0.6) is 0 Å². The summed E-state index contributed by atoms with van der Waals surface area (Å²) in [6.07, 6.45) is 4.71. The van der Waals surface area contributed by atoms with Gasteiger partial charge in [-0.1, -0.05) is 0 Å². The number of hydrogen-bond donors (Lipinski definition) is 2. The number of rotatable bonds is 4. The van der Waals surface area contributed by atoms with Crippen molar-refractivity contribution in [2.24, 2.45) is 0 Å². The van der Waals surface area contributed by atoms with Crippen molar-refractivity contribution in [3.63, 3.8) is 0 Å². The number of nitrogens with zero attached hydrogens (tertiary/aromatic N) is 3. The fourth-order valence-corrected chi connectivity index (χ4v) is 1.18. The van der Waals surface area contributed by atoms with Crippen LogP contribution >= 0.6 is 0 Å². The predicted octanol–water partition coefficient (Wildman–Crippen LogP) is 1.32. The van der Waals surface area contributed by atoms with Crippen molar-refractivity contribution in [1.82, 2.24) is 15.0 Å². The van der Waals surface area contributed by atoms with E-state index in [1.165, 1.54) is 12.3 Å². The van der Waals surface area contributed by atoms with Gasteiger partial charge in [-0.05, 0) is 16.0 Å². The van der Waals surface area contributed by atoms with Gasteiger partial charge < -0.3 is 20.4 Å². The molecule has 0 fully saturated rings. The SMILES string of the molecule is O=[N+]([O-])c1ccc(NCc2cnc[nH]2)cn1. The fraction of sp³-hybridized carbons (Fsp3) is 0.111. The summed E-state index contributed by atoms with van der Waals surface area (Å²) < 4.78 is 0. The van der Waals surface area contributed by atoms with Crippen LogP contribution < -0.4 is 5.32 Å². The quantitative estimate of drug-likeness (QED) is 0.597. The van der Waals surface area contributed by atoms with E-state index in [1.807, 2.05) is 0 Å². The van der Waals surface area contributed by atoms with E-state index in [2.05, 4.69) is 20.3 Å². The van der Waals surface area contributed by atoms with Crippen molar-refractivity contribution in [2.75, 3.05) is 5.32 Å². The van der Waals surface area contributed by atoms with Crippen LogP contribution in [0, 0.1) is 10.1 Å². The second-order valence-electron chi connectivity index (χ2n) is 3.09.